The predicted octanol–water partition coefficient (Wildman–Crippen LogP) is 1.78. The van der Waals surface area contributed by atoms with E-state index in [4.69, 9.17) is 6.15 Å². The van der Waals surface area contributed by atoms with Crippen LogP contribution in [0, 0.1) is 11.3 Å². The van der Waals surface area contributed by atoms with Gasteiger partial charge in [0.1, 0.15) is 13.2 Å². The highest BCUT2D eigenvalue weighted by Gasteiger charge is 2.46. The van der Waals surface area contributed by atoms with E-state index in [0.717, 1.165) is 37.1 Å². The molecule has 3 unspecified atom stereocenters. The SMILES string of the molecule is [2H]N1CCC(CCCNC(=O)COc2cccc3c2C(=O)N(C2CCC(=O)NC2=O)C3=O)CC1C(C)(C)C. The number of fused-ring (bicyclic) bond motifs is 1. The summed E-state index contributed by atoms with van der Waals surface area (Å²) >= 11 is 0. The average Bonchev–Trinajstić information content (AvgIpc) is 3.11. The molecule has 200 valence electrons. The molecular formula is C27H36N4O6. The number of imide groups is 2. The molecule has 37 heavy (non-hydrogen) atoms. The molecule has 0 saturated carbocycles. The minimum Gasteiger partial charge on any atom is -0.483 e. The largest absolute Gasteiger partial charge is 0.483 e. The van der Waals surface area contributed by atoms with Crippen LogP contribution in [-0.4, -0.2) is 66.2 Å². The number of carbonyl (C=O) groups is 5. The van der Waals surface area contributed by atoms with Crippen LogP contribution in [-0.2, 0) is 14.4 Å². The Kier molecular flexibility index (Phi) is 7.55. The van der Waals surface area contributed by atoms with Crippen LogP contribution < -0.4 is 20.7 Å². The quantitative estimate of drug-likeness (QED) is 0.356. The fourth-order valence-corrected chi connectivity index (χ4v) is 5.23. The second-order valence-electron chi connectivity index (χ2n) is 11.1. The molecule has 0 bridgehead atoms. The monoisotopic (exact) mass is 513 g/mol. The maximum atomic E-state index is 13.1. The van der Waals surface area contributed by atoms with Crippen LogP contribution in [0.5, 0.6) is 5.75 Å². The molecule has 3 aliphatic rings. The molecule has 2 saturated heterocycles. The third-order valence-electron chi connectivity index (χ3n) is 7.34. The third kappa shape index (κ3) is 6.01. The van der Waals surface area contributed by atoms with E-state index in [1.54, 1.807) is 11.4 Å². The standard InChI is InChI=1S/C27H36N4O6/c1-27(2,3)20-14-16(11-13-28-20)6-5-12-29-22(33)15-37-19-8-4-7-17-23(19)26(36)31(25(17)35)18-9-10-21(32)30-24(18)34/h4,7-8,16,18,20,28H,5-6,9-15H2,1-3H3,(H,29,33)(H,30,32,34)/i/hD. The molecule has 4 rings (SSSR count). The van der Waals surface area contributed by atoms with Gasteiger partial charge in [0, 0.05) is 19.0 Å². The molecule has 0 spiro atoms. The minimum atomic E-state index is -1.07. The van der Waals surface area contributed by atoms with Crippen LogP contribution >= 0.6 is 0 Å². The Morgan fingerprint density at radius 2 is 1.97 bits per heavy atom. The Labute approximate surface area is 218 Å². The van der Waals surface area contributed by atoms with Crippen molar-refractivity contribution in [3.63, 3.8) is 0 Å². The zero-order valence-corrected chi connectivity index (χ0v) is 21.7. The number of amides is 5. The molecule has 3 atom stereocenters. The second-order valence-corrected chi connectivity index (χ2v) is 11.1. The summed E-state index contributed by atoms with van der Waals surface area (Å²) in [6.07, 6.45) is 3.85. The van der Waals surface area contributed by atoms with Crippen LogP contribution in [0.15, 0.2) is 18.2 Å². The van der Waals surface area contributed by atoms with Gasteiger partial charge in [0.25, 0.3) is 17.7 Å². The van der Waals surface area contributed by atoms with Crippen LogP contribution in [0.25, 0.3) is 0 Å². The summed E-state index contributed by atoms with van der Waals surface area (Å²) in [4.78, 5) is 63.0. The zero-order chi connectivity index (χ0) is 27.6. The number of ether oxygens (including phenoxy) is 1. The maximum Gasteiger partial charge on any atom is 0.266 e. The van der Waals surface area contributed by atoms with Gasteiger partial charge in [0.15, 0.2) is 6.61 Å². The summed E-state index contributed by atoms with van der Waals surface area (Å²) in [5, 5.41) is 6.71. The zero-order valence-electron chi connectivity index (χ0n) is 22.7. The summed E-state index contributed by atoms with van der Waals surface area (Å²) in [6, 6.07) is 3.69. The van der Waals surface area contributed by atoms with E-state index in [2.05, 4.69) is 31.4 Å². The van der Waals surface area contributed by atoms with Crippen molar-refractivity contribution >= 4 is 29.5 Å². The lowest BCUT2D eigenvalue weighted by molar-refractivity contribution is -0.136. The number of carbonyl (C=O) groups excluding carboxylic acids is 5. The first-order valence-corrected chi connectivity index (χ1v) is 13.0. The molecule has 3 heterocycles. The molecule has 0 radical (unpaired) electrons. The molecule has 10 nitrogen and oxygen atoms in total. The number of hydrogen-bond donors (Lipinski definition) is 3. The number of piperidine rings is 2. The molecule has 5 amide bonds. The topological polar surface area (TPSA) is 134 Å². The Morgan fingerprint density at radius 1 is 1.19 bits per heavy atom. The van der Waals surface area contributed by atoms with E-state index in [1.807, 2.05) is 0 Å². The van der Waals surface area contributed by atoms with Gasteiger partial charge in [-0.3, -0.25) is 34.2 Å². The van der Waals surface area contributed by atoms with Crippen LogP contribution in [0.1, 0.15) is 80.0 Å². The molecule has 2 fully saturated rings. The molecule has 0 aliphatic carbocycles. The molecule has 3 aliphatic heterocycles. The third-order valence-corrected chi connectivity index (χ3v) is 7.34. The van der Waals surface area contributed by atoms with Crippen molar-refractivity contribution in [2.24, 2.45) is 11.3 Å². The van der Waals surface area contributed by atoms with Crippen LogP contribution in [0.4, 0.5) is 0 Å². The molecule has 1 aromatic rings. The van der Waals surface area contributed by atoms with Gasteiger partial charge in [-0.05, 0) is 62.1 Å². The van der Waals surface area contributed by atoms with Crippen molar-refractivity contribution in [2.75, 3.05) is 19.7 Å². The van der Waals surface area contributed by atoms with E-state index < -0.39 is 29.7 Å². The highest BCUT2D eigenvalue weighted by molar-refractivity contribution is 6.24. The second kappa shape index (κ2) is 11.0. The molecule has 0 aromatic heterocycles. The average molecular weight is 514 g/mol. The Bertz CT molecular complexity index is 1130. The summed E-state index contributed by atoms with van der Waals surface area (Å²) < 4.78 is 13.8. The van der Waals surface area contributed by atoms with Gasteiger partial charge in [0.2, 0.25) is 11.8 Å². The molecule has 3 N–H and O–H groups in total. The van der Waals surface area contributed by atoms with Crippen molar-refractivity contribution in [3.8, 4) is 5.75 Å². The van der Waals surface area contributed by atoms with E-state index in [0.29, 0.717) is 12.5 Å². The van der Waals surface area contributed by atoms with Gasteiger partial charge >= 0.3 is 0 Å². The first-order valence-electron chi connectivity index (χ1n) is 13.4. The van der Waals surface area contributed by atoms with Gasteiger partial charge in [-0.1, -0.05) is 26.8 Å². The lowest BCUT2D eigenvalue weighted by atomic mass is 9.77. The fraction of sp³-hybridized carbons (Fsp3) is 0.593. The van der Waals surface area contributed by atoms with E-state index >= 15 is 0 Å². The number of nitrogens with one attached hydrogen (secondary N) is 3. The summed E-state index contributed by atoms with van der Waals surface area (Å²) in [5.41, 5.74) is 0.170. The highest BCUT2D eigenvalue weighted by Crippen LogP contribution is 2.34. The summed E-state index contributed by atoms with van der Waals surface area (Å²) in [5.74, 6) is -2.14. The first kappa shape index (κ1) is 25.4. The molecule has 10 heteroatoms. The first-order chi connectivity index (χ1) is 18.0. The number of hydrogen-bond acceptors (Lipinski definition) is 7. The number of nitrogens with zero attached hydrogens (tertiary/aromatic N) is 1. The van der Waals surface area contributed by atoms with Gasteiger partial charge in [-0.25, -0.2) is 0 Å². The van der Waals surface area contributed by atoms with Gasteiger partial charge in [-0.15, -0.1) is 0 Å². The van der Waals surface area contributed by atoms with E-state index in [-0.39, 0.29) is 53.7 Å². The Hall–Kier alpha value is -3.27. The normalized spacial score (nSPS) is 25.0. The lowest BCUT2D eigenvalue weighted by Gasteiger charge is -2.38. The van der Waals surface area contributed by atoms with Gasteiger partial charge in [-0.2, -0.15) is 0 Å². The van der Waals surface area contributed by atoms with Crippen LogP contribution in [0.3, 0.4) is 0 Å². The smallest absolute Gasteiger partial charge is 0.266 e. The minimum absolute atomic E-state index is 0.0177. The van der Waals surface area contributed by atoms with Crippen molar-refractivity contribution < 1.29 is 30.1 Å². The highest BCUT2D eigenvalue weighted by atomic mass is 16.5. The molecular weight excluding hydrogens is 476 g/mol. The van der Waals surface area contributed by atoms with Gasteiger partial charge < -0.3 is 15.4 Å². The van der Waals surface area contributed by atoms with E-state index in [9.17, 15) is 24.0 Å². The van der Waals surface area contributed by atoms with Crippen LogP contribution in [0.2, 0.25) is 1.41 Å². The Morgan fingerprint density at radius 3 is 2.70 bits per heavy atom. The van der Waals surface area contributed by atoms with Crippen molar-refractivity contribution in [1.29, 1.82) is 0 Å². The fourth-order valence-electron chi connectivity index (χ4n) is 5.23. The molecule has 1 aromatic carbocycles. The van der Waals surface area contributed by atoms with Crippen molar-refractivity contribution in [3.05, 3.63) is 29.3 Å². The lowest BCUT2D eigenvalue weighted by Crippen LogP contribution is -2.54. The van der Waals surface area contributed by atoms with Crippen molar-refractivity contribution in [1.82, 2.24) is 20.8 Å². The predicted molar refractivity (Wildman–Crippen MR) is 135 cm³/mol. The van der Waals surface area contributed by atoms with Crippen molar-refractivity contribution in [2.45, 2.75) is 71.4 Å². The van der Waals surface area contributed by atoms with Gasteiger partial charge in [0.05, 0.1) is 11.1 Å². The maximum absolute atomic E-state index is 13.1. The number of benzene rings is 1. The number of rotatable bonds is 8. The summed E-state index contributed by atoms with van der Waals surface area (Å²) in [7, 11) is 0. The van der Waals surface area contributed by atoms with E-state index in [1.165, 1.54) is 12.1 Å². The Balaban J connectivity index is 1.27. The summed E-state index contributed by atoms with van der Waals surface area (Å²) in [6.45, 7) is 7.44.